The fraction of sp³-hybridized carbons (Fsp3) is 0.111. The van der Waals surface area contributed by atoms with Gasteiger partial charge in [-0.3, -0.25) is 0 Å². The smallest absolute Gasteiger partial charge is 0.465 e. The third-order valence-electron chi connectivity index (χ3n) is 2.25. The summed E-state index contributed by atoms with van der Waals surface area (Å²) >= 11 is 0. The minimum absolute atomic E-state index is 0.282. The van der Waals surface area contributed by atoms with Gasteiger partial charge >= 0.3 is 13.1 Å². The molecule has 82 valence electrons. The van der Waals surface area contributed by atoms with Gasteiger partial charge in [-0.2, -0.15) is 5.10 Å². The molecule has 6 nitrogen and oxygen atoms in total. The first-order valence-corrected chi connectivity index (χ1v) is 4.55. The van der Waals surface area contributed by atoms with E-state index in [-0.39, 0.29) is 11.0 Å². The van der Waals surface area contributed by atoms with Crippen LogP contribution in [-0.4, -0.2) is 39.9 Å². The Morgan fingerprint density at radius 3 is 2.94 bits per heavy atom. The minimum atomic E-state index is -1.58. The molecule has 0 unspecified atom stereocenters. The van der Waals surface area contributed by atoms with Gasteiger partial charge in [0, 0.05) is 6.20 Å². The fourth-order valence-corrected chi connectivity index (χ4v) is 1.42. The van der Waals surface area contributed by atoms with Crippen molar-refractivity contribution >= 4 is 24.1 Å². The molecule has 2 heterocycles. The number of pyridine rings is 1. The highest BCUT2D eigenvalue weighted by molar-refractivity contribution is 6.58. The number of aromatic nitrogens is 2. The lowest BCUT2D eigenvalue weighted by molar-refractivity contribution is 0.0603. The van der Waals surface area contributed by atoms with Gasteiger partial charge in [-0.15, -0.1) is 0 Å². The number of nitrogens with zero attached hydrogens (tertiary/aromatic N) is 2. The molecule has 2 N–H and O–H groups in total. The molecule has 0 aliphatic rings. The molecule has 7 heteroatoms. The van der Waals surface area contributed by atoms with E-state index in [1.165, 1.54) is 36.2 Å². The van der Waals surface area contributed by atoms with Gasteiger partial charge in [-0.25, -0.2) is 9.31 Å². The molecule has 0 atom stereocenters. The lowest BCUT2D eigenvalue weighted by Crippen LogP contribution is -2.30. The van der Waals surface area contributed by atoms with Gasteiger partial charge in [0.25, 0.3) is 0 Å². The molecule has 0 bridgehead atoms. The zero-order chi connectivity index (χ0) is 11.7. The van der Waals surface area contributed by atoms with Crippen LogP contribution in [0.25, 0.3) is 5.52 Å². The first-order chi connectivity index (χ1) is 7.63. The molecular weight excluding hydrogens is 211 g/mol. The molecule has 0 aliphatic carbocycles. The van der Waals surface area contributed by atoms with Crippen LogP contribution in [0.5, 0.6) is 0 Å². The number of methoxy groups -OCH3 is 1. The molecule has 0 saturated heterocycles. The van der Waals surface area contributed by atoms with Gasteiger partial charge in [0.15, 0.2) is 0 Å². The van der Waals surface area contributed by atoms with E-state index in [0.29, 0.717) is 5.52 Å². The average Bonchev–Trinajstić information content (AvgIpc) is 2.70. The maximum absolute atomic E-state index is 11.4. The second-order valence-electron chi connectivity index (χ2n) is 3.21. The zero-order valence-electron chi connectivity index (χ0n) is 8.49. The molecule has 0 saturated carbocycles. The van der Waals surface area contributed by atoms with Crippen molar-refractivity contribution in [1.29, 1.82) is 0 Å². The van der Waals surface area contributed by atoms with E-state index >= 15 is 0 Å². The monoisotopic (exact) mass is 220 g/mol. The summed E-state index contributed by atoms with van der Waals surface area (Å²) in [7, 11) is -0.304. The van der Waals surface area contributed by atoms with Gasteiger partial charge < -0.3 is 14.8 Å². The van der Waals surface area contributed by atoms with Crippen LogP contribution in [0.2, 0.25) is 0 Å². The Hall–Kier alpha value is -1.86. The van der Waals surface area contributed by atoms with Crippen molar-refractivity contribution in [2.75, 3.05) is 7.11 Å². The van der Waals surface area contributed by atoms with Crippen LogP contribution in [0.1, 0.15) is 10.4 Å². The second kappa shape index (κ2) is 3.95. The Bertz CT molecular complexity index is 537. The van der Waals surface area contributed by atoms with Crippen molar-refractivity contribution in [2.24, 2.45) is 0 Å². The normalized spacial score (nSPS) is 10.4. The highest BCUT2D eigenvalue weighted by Crippen LogP contribution is 2.10. The molecule has 2 aromatic heterocycles. The number of rotatable bonds is 2. The van der Waals surface area contributed by atoms with E-state index in [1.807, 2.05) is 0 Å². The van der Waals surface area contributed by atoms with Crippen LogP contribution in [0, 0.1) is 0 Å². The Morgan fingerprint density at radius 2 is 2.31 bits per heavy atom. The van der Waals surface area contributed by atoms with Crippen molar-refractivity contribution in [2.45, 2.75) is 0 Å². The van der Waals surface area contributed by atoms with Crippen LogP contribution in [0.4, 0.5) is 0 Å². The van der Waals surface area contributed by atoms with Crippen molar-refractivity contribution in [3.8, 4) is 0 Å². The van der Waals surface area contributed by atoms with E-state index in [9.17, 15) is 4.79 Å². The molecule has 0 aliphatic heterocycles. The predicted molar refractivity (Wildman–Crippen MR) is 56.4 cm³/mol. The zero-order valence-corrected chi connectivity index (χ0v) is 8.49. The Kier molecular flexibility index (Phi) is 2.63. The van der Waals surface area contributed by atoms with Crippen molar-refractivity contribution < 1.29 is 19.6 Å². The molecule has 0 fully saturated rings. The van der Waals surface area contributed by atoms with Crippen molar-refractivity contribution in [3.63, 3.8) is 0 Å². The first-order valence-electron chi connectivity index (χ1n) is 4.55. The molecule has 2 aromatic rings. The number of carbonyl (C=O) groups is 1. The van der Waals surface area contributed by atoms with Crippen molar-refractivity contribution in [1.82, 2.24) is 9.61 Å². The van der Waals surface area contributed by atoms with Gasteiger partial charge in [0.2, 0.25) is 0 Å². The summed E-state index contributed by atoms with van der Waals surface area (Å²) in [5.74, 6) is -0.514. The van der Waals surface area contributed by atoms with Crippen LogP contribution in [-0.2, 0) is 4.74 Å². The number of fused-ring (bicyclic) bond motifs is 1. The summed E-state index contributed by atoms with van der Waals surface area (Å²) in [6.45, 7) is 0. The lowest BCUT2D eigenvalue weighted by atomic mass is 9.81. The highest BCUT2D eigenvalue weighted by Gasteiger charge is 2.16. The van der Waals surface area contributed by atoms with Gasteiger partial charge in [0.1, 0.15) is 5.56 Å². The third-order valence-corrected chi connectivity index (χ3v) is 2.25. The SMILES string of the molecule is COC(=O)c1cnn2ccc(B(O)O)cc12. The van der Waals surface area contributed by atoms with Crippen LogP contribution < -0.4 is 5.46 Å². The van der Waals surface area contributed by atoms with E-state index < -0.39 is 13.1 Å². The lowest BCUT2D eigenvalue weighted by Gasteiger charge is -2.01. The maximum atomic E-state index is 11.4. The van der Waals surface area contributed by atoms with Crippen LogP contribution in [0.3, 0.4) is 0 Å². The van der Waals surface area contributed by atoms with Gasteiger partial charge in [0.05, 0.1) is 18.8 Å². The summed E-state index contributed by atoms with van der Waals surface area (Å²) in [5.41, 5.74) is 1.04. The molecule has 16 heavy (non-hydrogen) atoms. The number of hydrogen-bond donors (Lipinski definition) is 2. The Balaban J connectivity index is 2.60. The largest absolute Gasteiger partial charge is 0.488 e. The highest BCUT2D eigenvalue weighted by atomic mass is 16.5. The van der Waals surface area contributed by atoms with E-state index in [4.69, 9.17) is 10.0 Å². The maximum Gasteiger partial charge on any atom is 0.488 e. The third kappa shape index (κ3) is 1.66. The molecule has 0 amide bonds. The van der Waals surface area contributed by atoms with E-state index in [2.05, 4.69) is 9.84 Å². The van der Waals surface area contributed by atoms with E-state index in [0.717, 1.165) is 0 Å². The fourth-order valence-electron chi connectivity index (χ4n) is 1.42. The number of esters is 1. The minimum Gasteiger partial charge on any atom is -0.465 e. The average molecular weight is 220 g/mol. The summed E-state index contributed by atoms with van der Waals surface area (Å²) < 4.78 is 6.04. The summed E-state index contributed by atoms with van der Waals surface area (Å²) in [6, 6.07) is 2.98. The molecular formula is C9H9BN2O4. The quantitative estimate of drug-likeness (QED) is 0.490. The van der Waals surface area contributed by atoms with Gasteiger partial charge in [-0.05, 0) is 17.6 Å². The second-order valence-corrected chi connectivity index (χ2v) is 3.21. The standard InChI is InChI=1S/C9H9BN2O4/c1-16-9(13)7-5-11-12-3-2-6(10(14)15)4-8(7)12/h2-5,14-15H,1H3. The molecule has 0 spiro atoms. The molecule has 0 radical (unpaired) electrons. The first kappa shape index (κ1) is 10.7. The number of hydrogen-bond acceptors (Lipinski definition) is 5. The molecule has 0 aromatic carbocycles. The van der Waals surface area contributed by atoms with Crippen LogP contribution >= 0.6 is 0 Å². The Morgan fingerprint density at radius 1 is 1.56 bits per heavy atom. The topological polar surface area (TPSA) is 84.1 Å². The summed E-state index contributed by atoms with van der Waals surface area (Å²) in [6.07, 6.45) is 2.91. The predicted octanol–water partition coefficient (Wildman–Crippen LogP) is -1.20. The van der Waals surface area contributed by atoms with Gasteiger partial charge in [-0.1, -0.05) is 0 Å². The summed E-state index contributed by atoms with van der Waals surface area (Å²) in [4.78, 5) is 11.4. The van der Waals surface area contributed by atoms with Crippen molar-refractivity contribution in [3.05, 3.63) is 30.1 Å². The van der Waals surface area contributed by atoms with Crippen LogP contribution in [0.15, 0.2) is 24.5 Å². The molecule has 2 rings (SSSR count). The van der Waals surface area contributed by atoms with E-state index in [1.54, 1.807) is 0 Å². The number of carbonyl (C=O) groups excluding carboxylic acids is 1. The summed E-state index contributed by atoms with van der Waals surface area (Å²) in [5, 5.41) is 22.0. The Labute approximate surface area is 91.2 Å². The number of ether oxygens (including phenoxy) is 1.